The molecule has 0 amide bonds. The molecule has 0 saturated heterocycles. The Morgan fingerprint density at radius 2 is 0.390 bits per heavy atom. The molecule has 4 nitrogen and oxygen atoms in total. The third kappa shape index (κ3) is 14.1. The van der Waals surface area contributed by atoms with Gasteiger partial charge in [0.2, 0.25) is 0 Å². The SMILES string of the molecule is CC1(C)c2cc(N(c3cccc(-c4ccccc4)c3)c3ccccc3-c3ccccc3)ccc2-c2cc3c(N(c4cccc(-c5ccccc5)c4)c4ccccc4-c4ccccc4)c4cc(N(c5cccc(-c6ccccc6)c5)c5ccccc5-c5ccccc5)ccc4c(N(c4cccc(-c5ccccc5)c4)c4ccccc4-c4ccccc4)c3cc21. The molecule has 0 spiro atoms. The van der Waals surface area contributed by atoms with Gasteiger partial charge in [-0.1, -0.05) is 390 Å². The monoisotopic (exact) mass is 1570 g/mol. The summed E-state index contributed by atoms with van der Waals surface area (Å²) in [5, 5.41) is 4.22. The summed E-state index contributed by atoms with van der Waals surface area (Å²) in [4.78, 5) is 10.2. The van der Waals surface area contributed by atoms with Gasteiger partial charge in [-0.3, -0.25) is 0 Å². The normalized spacial score (nSPS) is 11.9. The summed E-state index contributed by atoms with van der Waals surface area (Å²) in [7, 11) is 0. The lowest BCUT2D eigenvalue weighted by Gasteiger charge is -2.36. The highest BCUT2D eigenvalue weighted by atomic mass is 15.2. The lowest BCUT2D eigenvalue weighted by molar-refractivity contribution is 0.661. The standard InChI is InChI=1S/C119H86N4/c1-119(2)111-80-100(121(96-60-36-56-92(76-96)84-41-13-4-14-42-84)114-68-32-28-64-102(114)88-49-21-8-22-50-88)71-73-105(111)107-81-109-110(82-112(107)119)117(122(97-61-37-57-93(77-97)85-43-15-5-16-44-85)115-69-33-29-65-103(115)89-51-23-9-24-52-89)106-74-72-99(120(95-59-35-55-91(75-95)83-39-11-3-12-40-83)113-67-31-27-63-101(113)87-47-19-7-20-48-87)79-108(106)118(109)123(98-62-38-58-94(78-98)86-45-17-6-18-46-86)116-70-34-30-66-104(116)90-53-25-10-26-54-90/h3-82H,1-2H3. The Bertz CT molecular complexity index is 7260. The van der Waals surface area contributed by atoms with Crippen molar-refractivity contribution in [3.63, 3.8) is 0 Å². The number of benzene rings is 20. The van der Waals surface area contributed by atoms with Crippen LogP contribution < -0.4 is 19.6 Å². The third-order valence-corrected chi connectivity index (χ3v) is 24.5. The second-order valence-corrected chi connectivity index (χ2v) is 32.3. The van der Waals surface area contributed by atoms with Crippen molar-refractivity contribution in [2.45, 2.75) is 19.3 Å². The van der Waals surface area contributed by atoms with Crippen LogP contribution >= 0.6 is 0 Å². The van der Waals surface area contributed by atoms with Crippen LogP contribution in [-0.4, -0.2) is 0 Å². The van der Waals surface area contributed by atoms with E-state index in [-0.39, 0.29) is 0 Å². The van der Waals surface area contributed by atoms with Gasteiger partial charge in [0, 0.05) is 83.3 Å². The van der Waals surface area contributed by atoms with Crippen LogP contribution in [-0.2, 0) is 5.41 Å². The molecule has 0 atom stereocenters. The van der Waals surface area contributed by atoms with Gasteiger partial charge in [-0.2, -0.15) is 0 Å². The number of hydrogen-bond donors (Lipinski definition) is 0. The molecule has 0 unspecified atom stereocenters. The van der Waals surface area contributed by atoms with Crippen molar-refractivity contribution in [2.24, 2.45) is 0 Å². The van der Waals surface area contributed by atoms with Gasteiger partial charge in [0.1, 0.15) is 0 Å². The van der Waals surface area contributed by atoms with Crippen LogP contribution in [0.3, 0.4) is 0 Å². The lowest BCUT2D eigenvalue weighted by atomic mass is 9.81. The second-order valence-electron chi connectivity index (χ2n) is 32.3. The first-order chi connectivity index (χ1) is 60.8. The Balaban J connectivity index is 0.923. The molecular weight excluding hydrogens is 1490 g/mol. The van der Waals surface area contributed by atoms with E-state index in [4.69, 9.17) is 0 Å². The molecule has 0 bridgehead atoms. The molecule has 0 heterocycles. The number of fused-ring (bicyclic) bond motifs is 5. The predicted octanol–water partition coefficient (Wildman–Crippen LogP) is 33.5. The first-order valence-electron chi connectivity index (χ1n) is 42.4. The van der Waals surface area contributed by atoms with E-state index in [0.717, 1.165) is 179 Å². The van der Waals surface area contributed by atoms with Crippen molar-refractivity contribution in [3.05, 3.63) is 496 Å². The fraction of sp³-hybridized carbons (Fsp3) is 0.0252. The van der Waals surface area contributed by atoms with Crippen molar-refractivity contribution >= 4 is 89.8 Å². The van der Waals surface area contributed by atoms with Gasteiger partial charge in [0.25, 0.3) is 0 Å². The van der Waals surface area contributed by atoms with Crippen LogP contribution in [0.15, 0.2) is 485 Å². The molecule has 123 heavy (non-hydrogen) atoms. The zero-order chi connectivity index (χ0) is 82.2. The molecule has 4 heteroatoms. The van der Waals surface area contributed by atoms with Crippen LogP contribution in [0.5, 0.6) is 0 Å². The Kier molecular flexibility index (Phi) is 19.7. The third-order valence-electron chi connectivity index (χ3n) is 24.5. The van der Waals surface area contributed by atoms with Crippen LogP contribution in [0, 0.1) is 0 Å². The van der Waals surface area contributed by atoms with Crippen molar-refractivity contribution in [3.8, 4) is 100 Å². The van der Waals surface area contributed by atoms with E-state index in [1.54, 1.807) is 0 Å². The fourth-order valence-electron chi connectivity index (χ4n) is 18.7. The van der Waals surface area contributed by atoms with Crippen molar-refractivity contribution in [2.75, 3.05) is 19.6 Å². The van der Waals surface area contributed by atoms with Crippen molar-refractivity contribution in [1.82, 2.24) is 0 Å². The maximum atomic E-state index is 2.62. The number of anilines is 12. The maximum absolute atomic E-state index is 2.62. The van der Waals surface area contributed by atoms with Gasteiger partial charge in [0.15, 0.2) is 0 Å². The molecule has 0 radical (unpaired) electrons. The molecule has 21 rings (SSSR count). The summed E-state index contributed by atoms with van der Waals surface area (Å²) in [6, 6.07) is 179. The van der Waals surface area contributed by atoms with Crippen LogP contribution in [0.1, 0.15) is 25.0 Å². The van der Waals surface area contributed by atoms with Gasteiger partial charge < -0.3 is 19.6 Å². The highest BCUT2D eigenvalue weighted by Gasteiger charge is 2.40. The van der Waals surface area contributed by atoms with E-state index < -0.39 is 5.41 Å². The minimum absolute atomic E-state index is 0.577. The molecule has 20 aromatic rings. The van der Waals surface area contributed by atoms with E-state index in [1.807, 2.05) is 0 Å². The quantitative estimate of drug-likeness (QED) is 0.0557. The summed E-state index contributed by atoms with van der Waals surface area (Å²) in [5.41, 5.74) is 34.5. The maximum Gasteiger partial charge on any atom is 0.0621 e. The first kappa shape index (κ1) is 74.7. The average Bonchev–Trinajstić information content (AvgIpc) is 1.63. The topological polar surface area (TPSA) is 13.0 Å². The van der Waals surface area contributed by atoms with E-state index in [2.05, 4.69) is 519 Å². The van der Waals surface area contributed by atoms with E-state index in [0.29, 0.717) is 0 Å². The Morgan fingerprint density at radius 3 is 0.740 bits per heavy atom. The largest absolute Gasteiger partial charge is 0.310 e. The Hall–Kier alpha value is -15.9. The highest BCUT2D eigenvalue weighted by molar-refractivity contribution is 6.26. The Morgan fingerprint density at radius 1 is 0.146 bits per heavy atom. The first-order valence-corrected chi connectivity index (χ1v) is 42.4. The summed E-state index contributed by atoms with van der Waals surface area (Å²) >= 11 is 0. The minimum atomic E-state index is -0.577. The van der Waals surface area contributed by atoms with E-state index >= 15 is 0 Å². The Labute approximate surface area is 720 Å². The second kappa shape index (κ2) is 32.4. The van der Waals surface area contributed by atoms with Crippen molar-refractivity contribution in [1.29, 1.82) is 0 Å². The molecule has 0 aliphatic heterocycles. The molecule has 0 aromatic heterocycles. The summed E-state index contributed by atoms with van der Waals surface area (Å²) in [6.07, 6.45) is 0. The molecule has 582 valence electrons. The zero-order valence-corrected chi connectivity index (χ0v) is 68.5. The molecule has 0 fully saturated rings. The van der Waals surface area contributed by atoms with E-state index in [9.17, 15) is 0 Å². The lowest BCUT2D eigenvalue weighted by Crippen LogP contribution is -2.18. The molecule has 1 aliphatic carbocycles. The van der Waals surface area contributed by atoms with Crippen molar-refractivity contribution < 1.29 is 0 Å². The zero-order valence-electron chi connectivity index (χ0n) is 68.5. The van der Waals surface area contributed by atoms with Gasteiger partial charge in [-0.25, -0.2) is 0 Å². The highest BCUT2D eigenvalue weighted by Crippen LogP contribution is 2.60. The fourth-order valence-corrected chi connectivity index (χ4v) is 18.7. The number of nitrogens with zero attached hydrogens (tertiary/aromatic N) is 4. The predicted molar refractivity (Wildman–Crippen MR) is 521 cm³/mol. The summed E-state index contributed by atoms with van der Waals surface area (Å²) in [5.74, 6) is 0. The van der Waals surface area contributed by atoms with Crippen LogP contribution in [0.2, 0.25) is 0 Å². The minimum Gasteiger partial charge on any atom is -0.310 e. The van der Waals surface area contributed by atoms with Gasteiger partial charge in [0.05, 0.1) is 34.1 Å². The van der Waals surface area contributed by atoms with Crippen LogP contribution in [0.25, 0.3) is 122 Å². The van der Waals surface area contributed by atoms with Crippen LogP contribution in [0.4, 0.5) is 68.2 Å². The van der Waals surface area contributed by atoms with Gasteiger partial charge >= 0.3 is 0 Å². The number of hydrogen-bond acceptors (Lipinski definition) is 4. The average molecular weight is 1570 g/mol. The van der Waals surface area contributed by atoms with Gasteiger partial charge in [-0.15, -0.1) is 0 Å². The molecule has 0 N–H and O–H groups in total. The number of para-hydroxylation sites is 4. The molecule has 1 aliphatic rings. The smallest absolute Gasteiger partial charge is 0.0621 e. The summed E-state index contributed by atoms with van der Waals surface area (Å²) in [6.45, 7) is 4.91. The molecule has 20 aromatic carbocycles. The number of rotatable bonds is 20. The summed E-state index contributed by atoms with van der Waals surface area (Å²) < 4.78 is 0. The van der Waals surface area contributed by atoms with E-state index in [1.165, 1.54) is 22.3 Å². The molecular formula is C119H86N4. The van der Waals surface area contributed by atoms with Gasteiger partial charge in [-0.05, 0) is 198 Å². The molecule has 0 saturated carbocycles.